The summed E-state index contributed by atoms with van der Waals surface area (Å²) in [7, 11) is 1.53. The predicted molar refractivity (Wildman–Crippen MR) is 52.9 cm³/mol. The Morgan fingerprint density at radius 3 is 3.15 bits per heavy atom. The van der Waals surface area contributed by atoms with E-state index in [-0.39, 0.29) is 0 Å². The predicted octanol–water partition coefficient (Wildman–Crippen LogP) is 2.15. The number of rotatable bonds is 2. The normalized spacial score (nSPS) is 11.2. The number of nitrogens with zero attached hydrogens (tertiary/aromatic N) is 1. The van der Waals surface area contributed by atoms with Crippen molar-refractivity contribution < 1.29 is 4.84 Å². The van der Waals surface area contributed by atoms with Gasteiger partial charge in [0.05, 0.1) is 6.21 Å². The fourth-order valence-electron chi connectivity index (χ4n) is 1.27. The van der Waals surface area contributed by atoms with Gasteiger partial charge < -0.3 is 9.82 Å². The van der Waals surface area contributed by atoms with Crippen molar-refractivity contribution >= 4 is 17.1 Å². The molecule has 0 unspecified atom stereocenters. The molecule has 0 saturated heterocycles. The molecule has 0 bridgehead atoms. The first-order valence-electron chi connectivity index (χ1n) is 4.04. The SMILES string of the molecule is CO/N=C/c1ccc2[nH]ccc2c1. The summed E-state index contributed by atoms with van der Waals surface area (Å²) in [6.45, 7) is 0. The van der Waals surface area contributed by atoms with Gasteiger partial charge in [0.1, 0.15) is 7.11 Å². The van der Waals surface area contributed by atoms with Crippen molar-refractivity contribution in [3.05, 3.63) is 36.0 Å². The van der Waals surface area contributed by atoms with Gasteiger partial charge >= 0.3 is 0 Å². The molecule has 1 N–H and O–H groups in total. The van der Waals surface area contributed by atoms with E-state index in [4.69, 9.17) is 0 Å². The van der Waals surface area contributed by atoms with E-state index in [0.29, 0.717) is 0 Å². The Kier molecular flexibility index (Phi) is 2.00. The number of nitrogens with one attached hydrogen (secondary N) is 1. The second kappa shape index (κ2) is 3.31. The summed E-state index contributed by atoms with van der Waals surface area (Å²) in [5, 5.41) is 4.88. The van der Waals surface area contributed by atoms with Crippen molar-refractivity contribution in [2.24, 2.45) is 5.16 Å². The molecule has 0 saturated carbocycles. The fourth-order valence-corrected chi connectivity index (χ4v) is 1.27. The molecule has 3 nitrogen and oxygen atoms in total. The first-order valence-corrected chi connectivity index (χ1v) is 4.04. The summed E-state index contributed by atoms with van der Waals surface area (Å²) in [6.07, 6.45) is 3.61. The third-order valence-corrected chi connectivity index (χ3v) is 1.88. The Balaban J connectivity index is 2.42. The van der Waals surface area contributed by atoms with E-state index in [1.807, 2.05) is 30.5 Å². The van der Waals surface area contributed by atoms with E-state index in [1.54, 1.807) is 6.21 Å². The van der Waals surface area contributed by atoms with Gasteiger partial charge in [-0.2, -0.15) is 0 Å². The molecule has 3 heteroatoms. The van der Waals surface area contributed by atoms with Crippen molar-refractivity contribution in [3.8, 4) is 0 Å². The lowest BCUT2D eigenvalue weighted by molar-refractivity contribution is 0.215. The maximum absolute atomic E-state index is 4.60. The maximum Gasteiger partial charge on any atom is 0.106 e. The minimum absolute atomic E-state index is 1.04. The van der Waals surface area contributed by atoms with Crippen LogP contribution in [0.1, 0.15) is 5.56 Å². The number of benzene rings is 1. The number of oxime groups is 1. The summed E-state index contributed by atoms with van der Waals surface area (Å²) in [5.41, 5.74) is 2.17. The second-order valence-electron chi connectivity index (χ2n) is 2.74. The molecular weight excluding hydrogens is 164 g/mol. The molecule has 0 atom stereocenters. The first kappa shape index (κ1) is 7.86. The number of hydrogen-bond donors (Lipinski definition) is 1. The second-order valence-corrected chi connectivity index (χ2v) is 2.74. The lowest BCUT2D eigenvalue weighted by atomic mass is 10.2. The molecule has 1 aromatic heterocycles. The molecule has 1 heterocycles. The van der Waals surface area contributed by atoms with Crippen LogP contribution in [0.2, 0.25) is 0 Å². The molecule has 1 aromatic carbocycles. The third-order valence-electron chi connectivity index (χ3n) is 1.88. The Bertz CT molecular complexity index is 431. The lowest BCUT2D eigenvalue weighted by Crippen LogP contribution is -1.80. The Hall–Kier alpha value is -1.77. The summed E-state index contributed by atoms with van der Waals surface area (Å²) >= 11 is 0. The Morgan fingerprint density at radius 1 is 1.38 bits per heavy atom. The Morgan fingerprint density at radius 2 is 2.31 bits per heavy atom. The van der Waals surface area contributed by atoms with E-state index >= 15 is 0 Å². The minimum Gasteiger partial charge on any atom is -0.399 e. The monoisotopic (exact) mass is 174 g/mol. The number of fused-ring (bicyclic) bond motifs is 1. The van der Waals surface area contributed by atoms with E-state index in [1.165, 1.54) is 12.5 Å². The molecule has 0 aliphatic heterocycles. The molecule has 2 aromatic rings. The molecule has 0 spiro atoms. The van der Waals surface area contributed by atoms with Crippen LogP contribution < -0.4 is 0 Å². The van der Waals surface area contributed by atoms with E-state index in [9.17, 15) is 0 Å². The number of H-pyrrole nitrogens is 1. The quantitative estimate of drug-likeness (QED) is 0.549. The van der Waals surface area contributed by atoms with Crippen LogP contribution in [0.3, 0.4) is 0 Å². The van der Waals surface area contributed by atoms with Crippen LogP contribution in [0.25, 0.3) is 10.9 Å². The van der Waals surface area contributed by atoms with Crippen LogP contribution in [0.4, 0.5) is 0 Å². The minimum atomic E-state index is 1.04. The van der Waals surface area contributed by atoms with Gasteiger partial charge in [-0.3, -0.25) is 0 Å². The Labute approximate surface area is 76.0 Å². The largest absolute Gasteiger partial charge is 0.399 e. The highest BCUT2D eigenvalue weighted by Crippen LogP contribution is 2.12. The summed E-state index contributed by atoms with van der Waals surface area (Å²) < 4.78 is 0. The van der Waals surface area contributed by atoms with Gasteiger partial charge in [0.2, 0.25) is 0 Å². The first-order chi connectivity index (χ1) is 6.40. The zero-order chi connectivity index (χ0) is 9.10. The molecule has 0 fully saturated rings. The van der Waals surface area contributed by atoms with Crippen molar-refractivity contribution in [2.75, 3.05) is 7.11 Å². The van der Waals surface area contributed by atoms with Crippen molar-refractivity contribution in [1.29, 1.82) is 0 Å². The van der Waals surface area contributed by atoms with Gasteiger partial charge in [0.25, 0.3) is 0 Å². The van der Waals surface area contributed by atoms with Crippen molar-refractivity contribution in [3.63, 3.8) is 0 Å². The number of hydrogen-bond acceptors (Lipinski definition) is 2. The molecule has 66 valence electrons. The van der Waals surface area contributed by atoms with Gasteiger partial charge in [0.15, 0.2) is 0 Å². The maximum atomic E-state index is 4.60. The van der Waals surface area contributed by atoms with E-state index in [0.717, 1.165) is 11.1 Å². The molecular formula is C10H10N2O. The van der Waals surface area contributed by atoms with Gasteiger partial charge in [-0.05, 0) is 29.1 Å². The van der Waals surface area contributed by atoms with Crippen LogP contribution in [-0.2, 0) is 4.84 Å². The van der Waals surface area contributed by atoms with Crippen molar-refractivity contribution in [1.82, 2.24) is 4.98 Å². The van der Waals surface area contributed by atoms with Gasteiger partial charge in [-0.15, -0.1) is 0 Å². The standard InChI is InChI=1S/C10H10N2O/c1-13-12-7-8-2-3-10-9(6-8)4-5-11-10/h2-7,11H,1H3/b12-7+. The van der Waals surface area contributed by atoms with Crippen LogP contribution in [0.5, 0.6) is 0 Å². The molecule has 0 aliphatic rings. The van der Waals surface area contributed by atoms with Crippen LogP contribution in [-0.4, -0.2) is 18.3 Å². The molecule has 2 rings (SSSR count). The van der Waals surface area contributed by atoms with Crippen LogP contribution in [0.15, 0.2) is 35.6 Å². The molecule has 0 radical (unpaired) electrons. The molecule has 0 aliphatic carbocycles. The lowest BCUT2D eigenvalue weighted by Gasteiger charge is -1.92. The van der Waals surface area contributed by atoms with Crippen LogP contribution >= 0.6 is 0 Å². The molecule has 0 amide bonds. The van der Waals surface area contributed by atoms with Gasteiger partial charge in [-0.1, -0.05) is 11.2 Å². The number of aromatic amines is 1. The molecule has 13 heavy (non-hydrogen) atoms. The smallest absolute Gasteiger partial charge is 0.106 e. The van der Waals surface area contributed by atoms with Gasteiger partial charge in [0, 0.05) is 11.7 Å². The summed E-state index contributed by atoms with van der Waals surface area (Å²) in [6, 6.07) is 8.08. The third kappa shape index (κ3) is 1.54. The van der Waals surface area contributed by atoms with Gasteiger partial charge in [-0.25, -0.2) is 0 Å². The highest BCUT2D eigenvalue weighted by atomic mass is 16.6. The summed E-state index contributed by atoms with van der Waals surface area (Å²) in [4.78, 5) is 7.73. The zero-order valence-corrected chi connectivity index (χ0v) is 7.32. The zero-order valence-electron chi connectivity index (χ0n) is 7.32. The van der Waals surface area contributed by atoms with Crippen molar-refractivity contribution in [2.45, 2.75) is 0 Å². The van der Waals surface area contributed by atoms with Crippen LogP contribution in [0, 0.1) is 0 Å². The highest BCUT2D eigenvalue weighted by Gasteiger charge is 1.94. The number of aromatic nitrogens is 1. The fraction of sp³-hybridized carbons (Fsp3) is 0.100. The average molecular weight is 174 g/mol. The van der Waals surface area contributed by atoms with E-state index < -0.39 is 0 Å². The summed E-state index contributed by atoms with van der Waals surface area (Å²) in [5.74, 6) is 0. The van der Waals surface area contributed by atoms with E-state index in [2.05, 4.69) is 15.0 Å². The average Bonchev–Trinajstić information content (AvgIpc) is 2.61. The highest BCUT2D eigenvalue weighted by molar-refractivity contribution is 5.88. The topological polar surface area (TPSA) is 37.4 Å².